The van der Waals surface area contributed by atoms with Crippen LogP contribution in [0.1, 0.15) is 12.0 Å². The number of thioether (sulfide) groups is 1. The summed E-state index contributed by atoms with van der Waals surface area (Å²) >= 11 is 1.21. The number of nitrogens with one attached hydrogen (secondary N) is 1. The molecule has 0 aliphatic carbocycles. The molecule has 0 saturated heterocycles. The number of carbonyl (C=O) groups is 1. The van der Waals surface area contributed by atoms with E-state index in [4.69, 9.17) is 9.84 Å². The van der Waals surface area contributed by atoms with Gasteiger partial charge in [0, 0.05) is 35.2 Å². The monoisotopic (exact) mass is 303 g/mol. The Morgan fingerprint density at radius 3 is 3.10 bits per heavy atom. The van der Waals surface area contributed by atoms with Gasteiger partial charge in [-0.2, -0.15) is 5.10 Å². The van der Waals surface area contributed by atoms with E-state index >= 15 is 0 Å². The van der Waals surface area contributed by atoms with Crippen molar-refractivity contribution in [3.05, 3.63) is 30.0 Å². The van der Waals surface area contributed by atoms with Gasteiger partial charge in [-0.15, -0.1) is 5.10 Å². The molecule has 0 atom stereocenters. The second-order valence-corrected chi connectivity index (χ2v) is 5.56. The summed E-state index contributed by atoms with van der Waals surface area (Å²) in [6.45, 7) is 0. The first kappa shape index (κ1) is 13.7. The lowest BCUT2D eigenvalue weighted by atomic mass is 10.1. The Bertz CT molecular complexity index is 764. The van der Waals surface area contributed by atoms with Gasteiger partial charge in [-0.25, -0.2) is 0 Å². The molecule has 1 aliphatic heterocycles. The highest BCUT2D eigenvalue weighted by Crippen LogP contribution is 2.27. The molecule has 7 heteroatoms. The number of carboxylic acid groups (broad SMARTS) is 1. The van der Waals surface area contributed by atoms with Crippen molar-refractivity contribution in [3.63, 3.8) is 0 Å². The molecule has 0 amide bonds. The van der Waals surface area contributed by atoms with Crippen LogP contribution in [-0.4, -0.2) is 39.7 Å². The van der Waals surface area contributed by atoms with E-state index in [-0.39, 0.29) is 5.75 Å². The Balaban J connectivity index is 1.79. The molecule has 2 heterocycles. The number of rotatable bonds is 4. The topological polar surface area (TPSA) is 87.0 Å². The Kier molecular flexibility index (Phi) is 3.66. The van der Waals surface area contributed by atoms with Gasteiger partial charge in [-0.3, -0.25) is 4.79 Å². The quantitative estimate of drug-likeness (QED) is 0.908. The molecule has 0 spiro atoms. The minimum Gasteiger partial charge on any atom is -0.497 e. The van der Waals surface area contributed by atoms with Crippen LogP contribution in [0, 0.1) is 0 Å². The number of ether oxygens (including phenoxy) is 1. The molecule has 1 aliphatic rings. The summed E-state index contributed by atoms with van der Waals surface area (Å²) in [6, 6.07) is 5.80. The SMILES string of the molecule is COc1ccc2c(C3=NN=C(SCC(=O)O)C3)c[nH]c2c1. The van der Waals surface area contributed by atoms with E-state index < -0.39 is 5.97 Å². The van der Waals surface area contributed by atoms with Crippen LogP contribution in [0.5, 0.6) is 5.75 Å². The molecule has 0 radical (unpaired) electrons. The lowest BCUT2D eigenvalue weighted by Crippen LogP contribution is -2.05. The van der Waals surface area contributed by atoms with Crippen LogP contribution in [0.2, 0.25) is 0 Å². The molecule has 108 valence electrons. The standard InChI is InChI=1S/C14H13N3O3S/c1-20-8-2-3-9-10(6-15-11(9)4-8)12-5-13(17-16-12)21-7-14(18)19/h2-4,6,15H,5,7H2,1H3,(H,18,19). The highest BCUT2D eigenvalue weighted by molar-refractivity contribution is 8.14. The van der Waals surface area contributed by atoms with Gasteiger partial charge in [-0.1, -0.05) is 11.8 Å². The Morgan fingerprint density at radius 1 is 1.48 bits per heavy atom. The molecule has 6 nitrogen and oxygen atoms in total. The maximum atomic E-state index is 10.6. The van der Waals surface area contributed by atoms with Crippen LogP contribution in [0.15, 0.2) is 34.6 Å². The molecule has 0 bridgehead atoms. The maximum absolute atomic E-state index is 10.6. The third-order valence-corrected chi connectivity index (χ3v) is 4.11. The average molecular weight is 303 g/mol. The number of hydrogen-bond donors (Lipinski definition) is 2. The smallest absolute Gasteiger partial charge is 0.313 e. The van der Waals surface area contributed by atoms with Crippen molar-refractivity contribution in [1.29, 1.82) is 0 Å². The zero-order valence-electron chi connectivity index (χ0n) is 11.3. The van der Waals surface area contributed by atoms with E-state index in [2.05, 4.69) is 15.2 Å². The van der Waals surface area contributed by atoms with Crippen molar-refractivity contribution in [3.8, 4) is 5.75 Å². The Hall–Kier alpha value is -2.28. The number of carboxylic acids is 1. The largest absolute Gasteiger partial charge is 0.497 e. The van der Waals surface area contributed by atoms with Gasteiger partial charge >= 0.3 is 5.97 Å². The van der Waals surface area contributed by atoms with Gasteiger partial charge in [-0.05, 0) is 12.1 Å². The number of fused-ring (bicyclic) bond motifs is 1. The second-order valence-electron chi connectivity index (χ2n) is 4.51. The van der Waals surface area contributed by atoms with E-state index in [9.17, 15) is 4.79 Å². The highest BCUT2D eigenvalue weighted by atomic mass is 32.2. The van der Waals surface area contributed by atoms with Crippen LogP contribution in [0.4, 0.5) is 0 Å². The molecule has 21 heavy (non-hydrogen) atoms. The van der Waals surface area contributed by atoms with Gasteiger partial charge < -0.3 is 14.8 Å². The first-order valence-corrected chi connectivity index (χ1v) is 7.29. The van der Waals surface area contributed by atoms with E-state index in [1.165, 1.54) is 11.8 Å². The third kappa shape index (κ3) is 2.78. The normalized spacial score (nSPS) is 14.1. The second kappa shape index (κ2) is 5.61. The fourth-order valence-electron chi connectivity index (χ4n) is 2.18. The summed E-state index contributed by atoms with van der Waals surface area (Å²) in [5.74, 6) is -0.0549. The first-order chi connectivity index (χ1) is 10.2. The van der Waals surface area contributed by atoms with E-state index in [1.807, 2.05) is 24.4 Å². The number of aromatic nitrogens is 1. The minimum absolute atomic E-state index is 0.00666. The number of benzene rings is 1. The summed E-state index contributed by atoms with van der Waals surface area (Å²) in [4.78, 5) is 13.8. The fraction of sp³-hybridized carbons (Fsp3) is 0.214. The van der Waals surface area contributed by atoms with E-state index in [0.29, 0.717) is 6.42 Å². The summed E-state index contributed by atoms with van der Waals surface area (Å²) in [5.41, 5.74) is 2.81. The van der Waals surface area contributed by atoms with E-state index in [1.54, 1.807) is 7.11 Å². The number of nitrogens with zero attached hydrogens (tertiary/aromatic N) is 2. The van der Waals surface area contributed by atoms with E-state index in [0.717, 1.165) is 33.0 Å². The number of H-pyrrole nitrogens is 1. The number of aromatic amines is 1. The highest BCUT2D eigenvalue weighted by Gasteiger charge is 2.18. The predicted molar refractivity (Wildman–Crippen MR) is 83.5 cm³/mol. The van der Waals surface area contributed by atoms with Gasteiger partial charge in [0.1, 0.15) is 10.8 Å². The van der Waals surface area contributed by atoms with Crippen molar-refractivity contribution in [2.75, 3.05) is 12.9 Å². The first-order valence-electron chi connectivity index (χ1n) is 6.31. The van der Waals surface area contributed by atoms with Crippen LogP contribution < -0.4 is 4.74 Å². The maximum Gasteiger partial charge on any atom is 0.313 e. The summed E-state index contributed by atoms with van der Waals surface area (Å²) in [7, 11) is 1.63. The fourth-order valence-corrected chi connectivity index (χ4v) is 2.80. The molecule has 0 fully saturated rings. The molecule has 0 saturated carbocycles. The minimum atomic E-state index is -0.852. The van der Waals surface area contributed by atoms with Crippen molar-refractivity contribution in [1.82, 2.24) is 4.98 Å². The van der Waals surface area contributed by atoms with Crippen LogP contribution in [0.3, 0.4) is 0 Å². The van der Waals surface area contributed by atoms with Crippen molar-refractivity contribution < 1.29 is 14.6 Å². The third-order valence-electron chi connectivity index (χ3n) is 3.16. The number of hydrogen-bond acceptors (Lipinski definition) is 5. The molecule has 2 aromatic rings. The van der Waals surface area contributed by atoms with Gasteiger partial charge in [0.15, 0.2) is 0 Å². The molecule has 1 aromatic carbocycles. The number of methoxy groups -OCH3 is 1. The average Bonchev–Trinajstić information content (AvgIpc) is 3.10. The van der Waals surface area contributed by atoms with Gasteiger partial charge in [0.25, 0.3) is 0 Å². The van der Waals surface area contributed by atoms with Crippen LogP contribution >= 0.6 is 11.8 Å². The number of aliphatic carboxylic acids is 1. The molecule has 1 aromatic heterocycles. The van der Waals surface area contributed by atoms with Crippen LogP contribution in [0.25, 0.3) is 10.9 Å². The summed E-state index contributed by atoms with van der Waals surface area (Å²) in [5, 5.41) is 18.7. The summed E-state index contributed by atoms with van der Waals surface area (Å²) in [6.07, 6.45) is 2.46. The molecule has 0 unspecified atom stereocenters. The van der Waals surface area contributed by atoms with Crippen molar-refractivity contribution >= 4 is 39.4 Å². The lowest BCUT2D eigenvalue weighted by molar-refractivity contribution is -0.133. The molecule has 3 rings (SSSR count). The molecular formula is C14H13N3O3S. The van der Waals surface area contributed by atoms with Crippen molar-refractivity contribution in [2.24, 2.45) is 10.2 Å². The molecular weight excluding hydrogens is 290 g/mol. The lowest BCUT2D eigenvalue weighted by Gasteiger charge is -2.01. The summed E-state index contributed by atoms with van der Waals surface area (Å²) < 4.78 is 5.20. The van der Waals surface area contributed by atoms with Gasteiger partial charge in [0.2, 0.25) is 0 Å². The van der Waals surface area contributed by atoms with Gasteiger partial charge in [0.05, 0.1) is 18.6 Å². The van der Waals surface area contributed by atoms with Crippen LogP contribution in [-0.2, 0) is 4.79 Å². The Morgan fingerprint density at radius 2 is 2.33 bits per heavy atom. The zero-order chi connectivity index (χ0) is 14.8. The Labute approximate surface area is 124 Å². The van der Waals surface area contributed by atoms with Crippen molar-refractivity contribution in [2.45, 2.75) is 6.42 Å². The predicted octanol–water partition coefficient (Wildman–Crippen LogP) is 2.50. The molecule has 2 N–H and O–H groups in total. The zero-order valence-corrected chi connectivity index (χ0v) is 12.1.